The van der Waals surface area contributed by atoms with E-state index >= 15 is 0 Å². The SMILES string of the molecule is CC(C)NCc1ccc(Br)cc1N1CCSCC1C. The standard InChI is InChI=1S/C15H23BrN2S/c1-11(2)17-9-13-4-5-14(16)8-15(13)18-6-7-19-10-12(18)3/h4-5,8,11-12,17H,6-7,9-10H2,1-3H3. The van der Waals surface area contributed by atoms with Gasteiger partial charge in [-0.15, -0.1) is 0 Å². The molecule has 0 bridgehead atoms. The topological polar surface area (TPSA) is 15.3 Å². The van der Waals surface area contributed by atoms with E-state index in [-0.39, 0.29) is 0 Å². The third kappa shape index (κ3) is 4.14. The molecule has 2 rings (SSSR count). The molecular weight excluding hydrogens is 320 g/mol. The van der Waals surface area contributed by atoms with Crippen LogP contribution in [0.5, 0.6) is 0 Å². The molecule has 1 N–H and O–H groups in total. The Balaban J connectivity index is 2.23. The number of hydrogen-bond donors (Lipinski definition) is 1. The van der Waals surface area contributed by atoms with Crippen LogP contribution in [0, 0.1) is 0 Å². The zero-order valence-corrected chi connectivity index (χ0v) is 14.4. The van der Waals surface area contributed by atoms with Gasteiger partial charge in [0, 0.05) is 46.8 Å². The van der Waals surface area contributed by atoms with Crippen LogP contribution in [0.1, 0.15) is 26.3 Å². The first-order chi connectivity index (χ1) is 9.08. The molecule has 2 nitrogen and oxygen atoms in total. The van der Waals surface area contributed by atoms with E-state index in [9.17, 15) is 0 Å². The molecule has 1 atom stereocenters. The number of hydrogen-bond acceptors (Lipinski definition) is 3. The highest BCUT2D eigenvalue weighted by atomic mass is 79.9. The van der Waals surface area contributed by atoms with Crippen LogP contribution in [0.2, 0.25) is 0 Å². The van der Waals surface area contributed by atoms with Crippen LogP contribution >= 0.6 is 27.7 Å². The average Bonchev–Trinajstić information content (AvgIpc) is 2.37. The summed E-state index contributed by atoms with van der Waals surface area (Å²) in [5.74, 6) is 2.46. The summed E-state index contributed by atoms with van der Waals surface area (Å²) in [6.07, 6.45) is 0. The fraction of sp³-hybridized carbons (Fsp3) is 0.600. The fourth-order valence-corrected chi connectivity index (χ4v) is 3.72. The smallest absolute Gasteiger partial charge is 0.0426 e. The van der Waals surface area contributed by atoms with Crippen molar-refractivity contribution in [2.75, 3.05) is 23.0 Å². The van der Waals surface area contributed by atoms with Crippen LogP contribution in [-0.2, 0) is 6.54 Å². The van der Waals surface area contributed by atoms with Crippen molar-refractivity contribution in [3.63, 3.8) is 0 Å². The summed E-state index contributed by atoms with van der Waals surface area (Å²) >= 11 is 5.67. The van der Waals surface area contributed by atoms with Crippen molar-refractivity contribution in [3.05, 3.63) is 28.2 Å². The molecule has 4 heteroatoms. The molecule has 1 saturated heterocycles. The van der Waals surface area contributed by atoms with E-state index in [2.05, 4.69) is 76.9 Å². The number of anilines is 1. The van der Waals surface area contributed by atoms with Crippen molar-refractivity contribution in [2.45, 2.75) is 39.4 Å². The summed E-state index contributed by atoms with van der Waals surface area (Å²) in [5.41, 5.74) is 2.78. The fourth-order valence-electron chi connectivity index (χ4n) is 2.35. The zero-order chi connectivity index (χ0) is 13.8. The lowest BCUT2D eigenvalue weighted by Gasteiger charge is -2.36. The molecule has 1 aliphatic rings. The third-order valence-electron chi connectivity index (χ3n) is 3.43. The van der Waals surface area contributed by atoms with Crippen molar-refractivity contribution in [1.82, 2.24) is 5.32 Å². The van der Waals surface area contributed by atoms with Crippen LogP contribution in [0.25, 0.3) is 0 Å². The molecule has 0 aliphatic carbocycles. The Kier molecular flexibility index (Phi) is 5.60. The quantitative estimate of drug-likeness (QED) is 0.893. The van der Waals surface area contributed by atoms with Crippen LogP contribution in [-0.4, -0.2) is 30.1 Å². The Morgan fingerprint density at radius 2 is 2.26 bits per heavy atom. The zero-order valence-electron chi connectivity index (χ0n) is 11.9. The maximum Gasteiger partial charge on any atom is 0.0426 e. The molecule has 0 aromatic heterocycles. The number of nitrogens with zero attached hydrogens (tertiary/aromatic N) is 1. The molecule has 19 heavy (non-hydrogen) atoms. The van der Waals surface area contributed by atoms with Gasteiger partial charge in [-0.2, -0.15) is 11.8 Å². The van der Waals surface area contributed by atoms with E-state index in [4.69, 9.17) is 0 Å². The second-order valence-electron chi connectivity index (χ2n) is 5.43. The number of thioether (sulfide) groups is 1. The predicted molar refractivity (Wildman–Crippen MR) is 90.3 cm³/mol. The van der Waals surface area contributed by atoms with Gasteiger partial charge in [0.25, 0.3) is 0 Å². The van der Waals surface area contributed by atoms with Gasteiger partial charge in [0.15, 0.2) is 0 Å². The summed E-state index contributed by atoms with van der Waals surface area (Å²) in [6.45, 7) is 8.80. The normalized spacial score (nSPS) is 20.1. The first kappa shape index (κ1) is 15.2. The molecular formula is C15H23BrN2S. The van der Waals surface area contributed by atoms with Gasteiger partial charge in [0.2, 0.25) is 0 Å². The molecule has 0 spiro atoms. The third-order valence-corrected chi connectivity index (χ3v) is 5.11. The minimum atomic E-state index is 0.519. The number of benzene rings is 1. The molecule has 1 fully saturated rings. The van der Waals surface area contributed by atoms with Crippen molar-refractivity contribution < 1.29 is 0 Å². The van der Waals surface area contributed by atoms with Gasteiger partial charge in [-0.1, -0.05) is 35.8 Å². The number of halogens is 1. The molecule has 1 aromatic rings. The highest BCUT2D eigenvalue weighted by Gasteiger charge is 2.21. The van der Waals surface area contributed by atoms with Crippen molar-refractivity contribution in [2.24, 2.45) is 0 Å². The van der Waals surface area contributed by atoms with Gasteiger partial charge in [-0.05, 0) is 24.6 Å². The lowest BCUT2D eigenvalue weighted by atomic mass is 10.1. The molecule has 1 unspecified atom stereocenters. The number of rotatable bonds is 4. The molecule has 1 aromatic carbocycles. The summed E-state index contributed by atoms with van der Waals surface area (Å²) in [7, 11) is 0. The van der Waals surface area contributed by atoms with Gasteiger partial charge >= 0.3 is 0 Å². The second kappa shape index (κ2) is 7.00. The van der Waals surface area contributed by atoms with Crippen LogP contribution in [0.3, 0.4) is 0 Å². The predicted octanol–water partition coefficient (Wildman–Crippen LogP) is 3.89. The van der Waals surface area contributed by atoms with Gasteiger partial charge in [-0.3, -0.25) is 0 Å². The maximum atomic E-state index is 3.61. The summed E-state index contributed by atoms with van der Waals surface area (Å²) < 4.78 is 1.17. The summed E-state index contributed by atoms with van der Waals surface area (Å²) in [5, 5.41) is 3.53. The molecule has 1 aliphatic heterocycles. The largest absolute Gasteiger partial charge is 0.367 e. The Morgan fingerprint density at radius 3 is 2.95 bits per heavy atom. The van der Waals surface area contributed by atoms with Crippen LogP contribution in [0.15, 0.2) is 22.7 Å². The van der Waals surface area contributed by atoms with Gasteiger partial charge < -0.3 is 10.2 Å². The highest BCUT2D eigenvalue weighted by Crippen LogP contribution is 2.30. The van der Waals surface area contributed by atoms with Crippen molar-refractivity contribution >= 4 is 33.4 Å². The van der Waals surface area contributed by atoms with Crippen LogP contribution < -0.4 is 10.2 Å². The second-order valence-corrected chi connectivity index (χ2v) is 7.49. The minimum absolute atomic E-state index is 0.519. The lowest BCUT2D eigenvalue weighted by Crippen LogP contribution is -2.41. The van der Waals surface area contributed by atoms with Crippen molar-refractivity contribution in [1.29, 1.82) is 0 Å². The Hall–Kier alpha value is -0.190. The first-order valence-corrected chi connectivity index (χ1v) is 8.89. The minimum Gasteiger partial charge on any atom is -0.367 e. The molecule has 0 radical (unpaired) electrons. The van der Waals surface area contributed by atoms with Gasteiger partial charge in [-0.25, -0.2) is 0 Å². The monoisotopic (exact) mass is 342 g/mol. The Morgan fingerprint density at radius 1 is 1.47 bits per heavy atom. The van der Waals surface area contributed by atoms with E-state index in [1.807, 2.05) is 0 Å². The first-order valence-electron chi connectivity index (χ1n) is 6.94. The molecule has 0 saturated carbocycles. The molecule has 106 valence electrons. The summed E-state index contributed by atoms with van der Waals surface area (Å²) in [6, 6.07) is 7.79. The van der Waals surface area contributed by atoms with E-state index in [1.165, 1.54) is 27.2 Å². The highest BCUT2D eigenvalue weighted by molar-refractivity contribution is 9.10. The maximum absolute atomic E-state index is 3.61. The van der Waals surface area contributed by atoms with E-state index in [1.54, 1.807) is 0 Å². The Bertz CT molecular complexity index is 423. The summed E-state index contributed by atoms with van der Waals surface area (Å²) in [4.78, 5) is 2.55. The van der Waals surface area contributed by atoms with Gasteiger partial charge in [0.1, 0.15) is 0 Å². The van der Waals surface area contributed by atoms with Crippen molar-refractivity contribution in [3.8, 4) is 0 Å². The van der Waals surface area contributed by atoms with Crippen LogP contribution in [0.4, 0.5) is 5.69 Å². The Labute approximate surface area is 129 Å². The number of nitrogens with one attached hydrogen (secondary N) is 1. The molecule has 0 amide bonds. The molecule has 1 heterocycles. The lowest BCUT2D eigenvalue weighted by molar-refractivity contribution is 0.586. The van der Waals surface area contributed by atoms with E-state index in [0.29, 0.717) is 12.1 Å². The van der Waals surface area contributed by atoms with E-state index in [0.717, 1.165) is 13.1 Å². The van der Waals surface area contributed by atoms with Gasteiger partial charge in [0.05, 0.1) is 0 Å². The average molecular weight is 343 g/mol. The van der Waals surface area contributed by atoms with E-state index < -0.39 is 0 Å².